The molecule has 0 unspecified atom stereocenters. The van der Waals surface area contributed by atoms with Gasteiger partial charge in [0, 0.05) is 39.5 Å². The molecule has 2 rings (SSSR count). The van der Waals surface area contributed by atoms with E-state index in [0.717, 1.165) is 45.0 Å². The normalized spacial score (nSPS) is 16.3. The lowest BCUT2D eigenvalue weighted by Gasteiger charge is -2.21. The molecule has 0 amide bonds. The van der Waals surface area contributed by atoms with Gasteiger partial charge in [-0.25, -0.2) is 0 Å². The molecule has 6 heteroatoms. The van der Waals surface area contributed by atoms with Gasteiger partial charge in [0.05, 0.1) is 12.3 Å². The molecule has 1 heterocycles. The second-order valence-electron chi connectivity index (χ2n) is 6.44. The van der Waals surface area contributed by atoms with Gasteiger partial charge in [0.1, 0.15) is 0 Å². The highest BCUT2D eigenvalue weighted by atomic mass is 16.5. The number of guanidine groups is 1. The second kappa shape index (κ2) is 11.1. The average molecular weight is 335 g/mol. The van der Waals surface area contributed by atoms with Crippen LogP contribution in [0.1, 0.15) is 51.0 Å². The molecule has 1 saturated carbocycles. The first-order valence-corrected chi connectivity index (χ1v) is 9.39. The number of aryl methyl sites for hydroxylation is 1. The zero-order chi connectivity index (χ0) is 17.0. The van der Waals surface area contributed by atoms with Crippen LogP contribution >= 0.6 is 0 Å². The van der Waals surface area contributed by atoms with Gasteiger partial charge in [-0.3, -0.25) is 9.67 Å². The molecule has 24 heavy (non-hydrogen) atoms. The minimum atomic E-state index is 0.494. The van der Waals surface area contributed by atoms with Crippen LogP contribution in [0.15, 0.2) is 17.4 Å². The lowest BCUT2D eigenvalue weighted by atomic mass is 9.98. The molecule has 0 aliphatic heterocycles. The van der Waals surface area contributed by atoms with Crippen LogP contribution in [0.25, 0.3) is 0 Å². The molecular weight excluding hydrogens is 302 g/mol. The average Bonchev–Trinajstić information content (AvgIpc) is 3.01. The Morgan fingerprint density at radius 3 is 2.88 bits per heavy atom. The summed E-state index contributed by atoms with van der Waals surface area (Å²) in [6, 6.07) is 0. The molecular formula is C18H33N5O. The lowest BCUT2D eigenvalue weighted by Crippen LogP contribution is -2.38. The van der Waals surface area contributed by atoms with Crippen LogP contribution in [0.3, 0.4) is 0 Å². The Kier molecular flexibility index (Phi) is 8.66. The van der Waals surface area contributed by atoms with E-state index in [0.29, 0.717) is 6.10 Å². The molecule has 136 valence electrons. The van der Waals surface area contributed by atoms with Crippen molar-refractivity contribution in [2.45, 2.75) is 58.0 Å². The number of hydrogen-bond donors (Lipinski definition) is 2. The van der Waals surface area contributed by atoms with E-state index in [2.05, 4.69) is 27.6 Å². The van der Waals surface area contributed by atoms with Crippen molar-refractivity contribution in [1.82, 2.24) is 20.4 Å². The molecule has 0 bridgehead atoms. The number of hydrogen-bond acceptors (Lipinski definition) is 3. The van der Waals surface area contributed by atoms with Crippen molar-refractivity contribution in [1.29, 1.82) is 0 Å². The summed E-state index contributed by atoms with van der Waals surface area (Å²) in [5.41, 5.74) is 1.24. The molecule has 0 atom stereocenters. The minimum absolute atomic E-state index is 0.494. The van der Waals surface area contributed by atoms with E-state index in [-0.39, 0.29) is 0 Å². The summed E-state index contributed by atoms with van der Waals surface area (Å²) in [6.45, 7) is 5.44. The summed E-state index contributed by atoms with van der Waals surface area (Å²) in [6.07, 6.45) is 12.9. The number of nitrogens with zero attached hydrogens (tertiary/aromatic N) is 3. The van der Waals surface area contributed by atoms with Gasteiger partial charge < -0.3 is 15.4 Å². The SMILES string of the molecule is CCNC(=NCCCOC1CCCCC1)NCCc1cnn(C)c1. The zero-order valence-corrected chi connectivity index (χ0v) is 15.3. The summed E-state index contributed by atoms with van der Waals surface area (Å²) in [4.78, 5) is 4.63. The number of nitrogens with one attached hydrogen (secondary N) is 2. The molecule has 0 saturated heterocycles. The standard InChI is InChI=1S/C18H33N5O/c1-3-19-18(21-12-10-16-14-22-23(2)15-16)20-11-7-13-24-17-8-5-4-6-9-17/h14-15,17H,3-13H2,1-2H3,(H2,19,20,21). The van der Waals surface area contributed by atoms with Crippen LogP contribution in [-0.2, 0) is 18.2 Å². The predicted octanol–water partition coefficient (Wildman–Crippen LogP) is 2.26. The largest absolute Gasteiger partial charge is 0.378 e. The van der Waals surface area contributed by atoms with E-state index >= 15 is 0 Å². The van der Waals surface area contributed by atoms with Gasteiger partial charge in [0.15, 0.2) is 5.96 Å². The van der Waals surface area contributed by atoms with Crippen LogP contribution in [0.4, 0.5) is 0 Å². The van der Waals surface area contributed by atoms with Crippen LogP contribution in [0, 0.1) is 0 Å². The van der Waals surface area contributed by atoms with Gasteiger partial charge in [-0.15, -0.1) is 0 Å². The Labute approximate surface area is 146 Å². The number of aliphatic imine (C=N–C) groups is 1. The first-order chi connectivity index (χ1) is 11.8. The van der Waals surface area contributed by atoms with E-state index < -0.39 is 0 Å². The molecule has 1 fully saturated rings. The van der Waals surface area contributed by atoms with Crippen molar-refractivity contribution < 1.29 is 4.74 Å². The van der Waals surface area contributed by atoms with E-state index in [1.54, 1.807) is 0 Å². The Hall–Kier alpha value is -1.56. The minimum Gasteiger partial charge on any atom is -0.378 e. The Morgan fingerprint density at radius 1 is 1.33 bits per heavy atom. The Balaban J connectivity index is 1.60. The topological polar surface area (TPSA) is 63.5 Å². The first kappa shape index (κ1) is 18.8. The van der Waals surface area contributed by atoms with Crippen LogP contribution in [0.2, 0.25) is 0 Å². The highest BCUT2D eigenvalue weighted by Gasteiger charge is 2.12. The van der Waals surface area contributed by atoms with E-state index in [4.69, 9.17) is 4.74 Å². The van der Waals surface area contributed by atoms with Gasteiger partial charge in [-0.05, 0) is 38.2 Å². The monoisotopic (exact) mass is 335 g/mol. The maximum absolute atomic E-state index is 5.95. The molecule has 1 aromatic rings. The van der Waals surface area contributed by atoms with E-state index in [1.165, 1.54) is 37.7 Å². The second-order valence-corrected chi connectivity index (χ2v) is 6.44. The number of ether oxygens (including phenoxy) is 1. The van der Waals surface area contributed by atoms with Crippen molar-refractivity contribution in [3.8, 4) is 0 Å². The molecule has 1 aliphatic rings. The molecule has 6 nitrogen and oxygen atoms in total. The maximum atomic E-state index is 5.95. The highest BCUT2D eigenvalue weighted by molar-refractivity contribution is 5.79. The van der Waals surface area contributed by atoms with Crippen molar-refractivity contribution in [2.75, 3.05) is 26.2 Å². The first-order valence-electron chi connectivity index (χ1n) is 9.39. The predicted molar refractivity (Wildman–Crippen MR) is 98.3 cm³/mol. The third-order valence-electron chi connectivity index (χ3n) is 4.29. The summed E-state index contributed by atoms with van der Waals surface area (Å²) in [5.74, 6) is 0.888. The van der Waals surface area contributed by atoms with E-state index in [9.17, 15) is 0 Å². The van der Waals surface area contributed by atoms with Crippen molar-refractivity contribution >= 4 is 5.96 Å². The van der Waals surface area contributed by atoms with Crippen molar-refractivity contribution in [3.63, 3.8) is 0 Å². The van der Waals surface area contributed by atoms with Gasteiger partial charge in [0.2, 0.25) is 0 Å². The van der Waals surface area contributed by atoms with Crippen LogP contribution in [0.5, 0.6) is 0 Å². The van der Waals surface area contributed by atoms with Crippen LogP contribution < -0.4 is 10.6 Å². The molecule has 1 aliphatic carbocycles. The third kappa shape index (κ3) is 7.34. The Bertz CT molecular complexity index is 480. The fourth-order valence-electron chi connectivity index (χ4n) is 3.01. The fourth-order valence-corrected chi connectivity index (χ4v) is 3.01. The van der Waals surface area contributed by atoms with Gasteiger partial charge in [-0.1, -0.05) is 19.3 Å². The van der Waals surface area contributed by atoms with E-state index in [1.807, 2.05) is 24.1 Å². The van der Waals surface area contributed by atoms with Crippen molar-refractivity contribution in [2.24, 2.45) is 12.0 Å². The summed E-state index contributed by atoms with van der Waals surface area (Å²) in [7, 11) is 1.94. The fraction of sp³-hybridized carbons (Fsp3) is 0.778. The summed E-state index contributed by atoms with van der Waals surface area (Å²) in [5, 5.41) is 10.9. The number of aromatic nitrogens is 2. The number of rotatable bonds is 9. The summed E-state index contributed by atoms with van der Waals surface area (Å²) < 4.78 is 7.78. The van der Waals surface area contributed by atoms with Gasteiger partial charge in [0.25, 0.3) is 0 Å². The molecule has 0 radical (unpaired) electrons. The van der Waals surface area contributed by atoms with Crippen LogP contribution in [-0.4, -0.2) is 48.1 Å². The third-order valence-corrected chi connectivity index (χ3v) is 4.29. The zero-order valence-electron chi connectivity index (χ0n) is 15.3. The molecule has 2 N–H and O–H groups in total. The molecule has 1 aromatic heterocycles. The quantitative estimate of drug-likeness (QED) is 0.413. The lowest BCUT2D eigenvalue weighted by molar-refractivity contribution is 0.0281. The summed E-state index contributed by atoms with van der Waals surface area (Å²) >= 11 is 0. The smallest absolute Gasteiger partial charge is 0.191 e. The highest BCUT2D eigenvalue weighted by Crippen LogP contribution is 2.20. The van der Waals surface area contributed by atoms with Crippen molar-refractivity contribution in [3.05, 3.63) is 18.0 Å². The molecule has 0 spiro atoms. The maximum Gasteiger partial charge on any atom is 0.191 e. The van der Waals surface area contributed by atoms with Gasteiger partial charge >= 0.3 is 0 Å². The molecule has 0 aromatic carbocycles. The Morgan fingerprint density at radius 2 is 2.17 bits per heavy atom. The van der Waals surface area contributed by atoms with Gasteiger partial charge in [-0.2, -0.15) is 5.10 Å².